The van der Waals surface area contributed by atoms with Crippen LogP contribution in [0, 0.1) is 0 Å². The lowest BCUT2D eigenvalue weighted by Crippen LogP contribution is -2.48. The lowest BCUT2D eigenvalue weighted by molar-refractivity contribution is -0.131. The summed E-state index contributed by atoms with van der Waals surface area (Å²) in [6.45, 7) is 2.50. The van der Waals surface area contributed by atoms with E-state index in [2.05, 4.69) is 4.90 Å². The summed E-state index contributed by atoms with van der Waals surface area (Å²) in [4.78, 5) is 21.4. The Hall–Kier alpha value is -2.85. The number of thiazole rings is 1. The third-order valence-corrected chi connectivity index (χ3v) is 8.69. The molecule has 0 saturated carbocycles. The number of methoxy groups -OCH3 is 2. The molecule has 0 N–H and O–H groups in total. The van der Waals surface area contributed by atoms with Gasteiger partial charge in [-0.2, -0.15) is 0 Å². The zero-order valence-electron chi connectivity index (χ0n) is 19.4. The quantitative estimate of drug-likeness (QED) is 0.442. The number of rotatable bonds is 9. The number of carbonyl (C=O) groups is 1. The van der Waals surface area contributed by atoms with Gasteiger partial charge in [0.05, 0.1) is 25.7 Å². The highest BCUT2D eigenvalue weighted by Crippen LogP contribution is 2.40. The monoisotopic (exact) mass is 503 g/mol. The Morgan fingerprint density at radius 3 is 2.35 bits per heavy atom. The van der Waals surface area contributed by atoms with Gasteiger partial charge in [-0.3, -0.25) is 4.79 Å². The van der Waals surface area contributed by atoms with Crippen LogP contribution in [0.4, 0.5) is 5.13 Å². The predicted octanol–water partition coefficient (Wildman–Crippen LogP) is 3.36. The van der Waals surface area contributed by atoms with Gasteiger partial charge < -0.3 is 19.3 Å². The maximum absolute atomic E-state index is 12.7. The number of piperazine rings is 1. The van der Waals surface area contributed by atoms with Gasteiger partial charge in [0.15, 0.2) is 15.0 Å². The van der Waals surface area contributed by atoms with Gasteiger partial charge in [0, 0.05) is 32.6 Å². The molecule has 1 amide bonds. The maximum Gasteiger partial charge on any atom is 0.222 e. The average Bonchev–Trinajstić information content (AvgIpc) is 3.29. The minimum Gasteiger partial charge on any atom is -0.495 e. The molecule has 0 radical (unpaired) electrons. The van der Waals surface area contributed by atoms with Crippen molar-refractivity contribution in [3.05, 3.63) is 48.0 Å². The largest absolute Gasteiger partial charge is 0.495 e. The minimum absolute atomic E-state index is 0.00204. The van der Waals surface area contributed by atoms with E-state index >= 15 is 0 Å². The van der Waals surface area contributed by atoms with E-state index in [0.717, 1.165) is 26.7 Å². The summed E-state index contributed by atoms with van der Waals surface area (Å²) in [5, 5.41) is 0.872. The van der Waals surface area contributed by atoms with E-state index in [-0.39, 0.29) is 23.8 Å². The summed E-state index contributed by atoms with van der Waals surface area (Å²) in [6.07, 6.45) is 0.579. The van der Waals surface area contributed by atoms with Gasteiger partial charge in [-0.25, -0.2) is 13.4 Å². The van der Waals surface area contributed by atoms with E-state index in [4.69, 9.17) is 14.5 Å². The van der Waals surface area contributed by atoms with E-state index in [0.29, 0.717) is 38.3 Å². The molecule has 34 heavy (non-hydrogen) atoms. The first-order valence-electron chi connectivity index (χ1n) is 11.2. The lowest BCUT2D eigenvalue weighted by Gasteiger charge is -2.34. The third-order valence-electron chi connectivity index (χ3n) is 5.88. The second-order valence-electron chi connectivity index (χ2n) is 8.19. The topological polar surface area (TPSA) is 89.0 Å². The van der Waals surface area contributed by atoms with Crippen molar-refractivity contribution in [1.29, 1.82) is 0 Å². The van der Waals surface area contributed by atoms with E-state index in [9.17, 15) is 13.2 Å². The summed E-state index contributed by atoms with van der Waals surface area (Å²) in [7, 11) is 0.0229. The second-order valence-corrected chi connectivity index (χ2v) is 11.4. The van der Waals surface area contributed by atoms with Crippen LogP contribution in [-0.4, -0.2) is 70.4 Å². The molecule has 10 heteroatoms. The Morgan fingerprint density at radius 1 is 1.00 bits per heavy atom. The van der Waals surface area contributed by atoms with Crippen molar-refractivity contribution < 1.29 is 22.7 Å². The average molecular weight is 504 g/mol. The number of sulfone groups is 1. The number of anilines is 1. The van der Waals surface area contributed by atoms with Gasteiger partial charge >= 0.3 is 0 Å². The fraction of sp³-hybridized carbons (Fsp3) is 0.417. The van der Waals surface area contributed by atoms with Crippen LogP contribution in [0.1, 0.15) is 18.4 Å². The summed E-state index contributed by atoms with van der Waals surface area (Å²) >= 11 is 1.55. The third kappa shape index (κ3) is 5.61. The van der Waals surface area contributed by atoms with Crippen LogP contribution in [0.2, 0.25) is 0 Å². The molecule has 0 unspecified atom stereocenters. The fourth-order valence-electron chi connectivity index (χ4n) is 4.06. The smallest absolute Gasteiger partial charge is 0.222 e. The molecule has 0 spiro atoms. The number of aromatic nitrogens is 1. The number of ether oxygens (including phenoxy) is 2. The molecule has 0 bridgehead atoms. The first kappa shape index (κ1) is 24.3. The standard InChI is InChI=1S/C24H29N3O5S2/c1-31-19-10-11-20(32-2)23-22(19)25-24(33-23)27-14-12-26(13-15-27)21(28)9-6-16-34(29,30)17-18-7-4-3-5-8-18/h3-5,7-8,10-11H,6,9,12-17H2,1-2H3. The van der Waals surface area contributed by atoms with Gasteiger partial charge in [-0.05, 0) is 24.1 Å². The fourth-order valence-corrected chi connectivity index (χ4v) is 6.61. The zero-order chi connectivity index (χ0) is 24.1. The SMILES string of the molecule is COc1ccc(OC)c2sc(N3CCN(C(=O)CCCS(=O)(=O)Cc4ccccc4)CC3)nc12. The molecule has 8 nitrogen and oxygen atoms in total. The minimum atomic E-state index is -3.24. The first-order chi connectivity index (χ1) is 16.4. The zero-order valence-corrected chi connectivity index (χ0v) is 21.0. The van der Waals surface area contributed by atoms with Crippen LogP contribution in [0.15, 0.2) is 42.5 Å². The van der Waals surface area contributed by atoms with E-state index in [1.807, 2.05) is 35.2 Å². The molecule has 2 heterocycles. The number of benzene rings is 2. The summed E-state index contributed by atoms with van der Waals surface area (Å²) < 4.78 is 36.6. The number of hydrogen-bond acceptors (Lipinski definition) is 8. The highest BCUT2D eigenvalue weighted by Gasteiger charge is 2.25. The van der Waals surface area contributed by atoms with Crippen LogP contribution in [0.25, 0.3) is 10.2 Å². The van der Waals surface area contributed by atoms with Crippen molar-refractivity contribution in [3.63, 3.8) is 0 Å². The Bertz CT molecular complexity index is 1200. The molecule has 4 rings (SSSR count). The number of nitrogens with zero attached hydrogens (tertiary/aromatic N) is 3. The normalized spacial score (nSPS) is 14.4. The number of fused-ring (bicyclic) bond motifs is 1. The van der Waals surface area contributed by atoms with Crippen LogP contribution >= 0.6 is 11.3 Å². The van der Waals surface area contributed by atoms with Crippen LogP contribution in [0.3, 0.4) is 0 Å². The summed E-state index contributed by atoms with van der Waals surface area (Å²) in [5.74, 6) is 1.49. The van der Waals surface area contributed by atoms with Crippen LogP contribution < -0.4 is 14.4 Å². The van der Waals surface area contributed by atoms with Crippen molar-refractivity contribution in [2.45, 2.75) is 18.6 Å². The molecular formula is C24H29N3O5S2. The molecule has 1 saturated heterocycles. The molecule has 1 aliphatic rings. The Balaban J connectivity index is 1.29. The molecule has 1 aromatic heterocycles. The molecule has 182 valence electrons. The Morgan fingerprint density at radius 2 is 1.68 bits per heavy atom. The van der Waals surface area contributed by atoms with E-state index in [1.165, 1.54) is 0 Å². The molecule has 1 aliphatic heterocycles. The van der Waals surface area contributed by atoms with Crippen molar-refractivity contribution in [3.8, 4) is 11.5 Å². The van der Waals surface area contributed by atoms with Crippen LogP contribution in [-0.2, 0) is 20.4 Å². The predicted molar refractivity (Wildman–Crippen MR) is 135 cm³/mol. The number of hydrogen-bond donors (Lipinski definition) is 0. The van der Waals surface area contributed by atoms with E-state index < -0.39 is 9.84 Å². The van der Waals surface area contributed by atoms with Crippen molar-refractivity contribution >= 4 is 42.4 Å². The van der Waals surface area contributed by atoms with Gasteiger partial charge in [-0.15, -0.1) is 0 Å². The highest BCUT2D eigenvalue weighted by atomic mass is 32.2. The lowest BCUT2D eigenvalue weighted by atomic mass is 10.2. The highest BCUT2D eigenvalue weighted by molar-refractivity contribution is 7.90. The van der Waals surface area contributed by atoms with Gasteiger partial charge in [0.2, 0.25) is 5.91 Å². The Kier molecular flexibility index (Phi) is 7.57. The van der Waals surface area contributed by atoms with Crippen molar-refractivity contribution in [2.24, 2.45) is 0 Å². The van der Waals surface area contributed by atoms with Crippen LogP contribution in [0.5, 0.6) is 11.5 Å². The molecule has 1 fully saturated rings. The van der Waals surface area contributed by atoms with E-state index in [1.54, 1.807) is 37.7 Å². The maximum atomic E-state index is 12.7. The van der Waals surface area contributed by atoms with Gasteiger partial charge in [0.1, 0.15) is 21.7 Å². The summed E-state index contributed by atoms with van der Waals surface area (Å²) in [5.41, 5.74) is 1.55. The van der Waals surface area contributed by atoms with Gasteiger partial charge in [0.25, 0.3) is 0 Å². The number of amides is 1. The molecule has 0 aliphatic carbocycles. The molecule has 0 atom stereocenters. The molecular weight excluding hydrogens is 474 g/mol. The molecule has 3 aromatic rings. The van der Waals surface area contributed by atoms with Crippen molar-refractivity contribution in [1.82, 2.24) is 9.88 Å². The molecule has 2 aromatic carbocycles. The first-order valence-corrected chi connectivity index (χ1v) is 13.8. The number of carbonyl (C=O) groups excluding carboxylic acids is 1. The summed E-state index contributed by atoms with van der Waals surface area (Å²) in [6, 6.07) is 12.9. The Labute approximate surface area is 204 Å². The van der Waals surface area contributed by atoms with Gasteiger partial charge in [-0.1, -0.05) is 41.7 Å². The second kappa shape index (κ2) is 10.6. The van der Waals surface area contributed by atoms with Crippen molar-refractivity contribution in [2.75, 3.05) is 51.1 Å².